The molecule has 98 valence electrons. The Hall–Kier alpha value is -0.220. The molecule has 1 heterocycles. The minimum Gasteiger partial charge on any atom is -0.355 e. The van der Waals surface area contributed by atoms with Crippen LogP contribution in [-0.4, -0.2) is 35.5 Å². The van der Waals surface area contributed by atoms with Crippen molar-refractivity contribution in [3.63, 3.8) is 0 Å². The number of nitrogens with one attached hydrogen (secondary N) is 2. The quantitative estimate of drug-likeness (QED) is 0.807. The maximum Gasteiger partial charge on any atom is 0.237 e. The highest BCUT2D eigenvalue weighted by molar-refractivity contribution is 7.99. The van der Waals surface area contributed by atoms with Crippen LogP contribution in [0.1, 0.15) is 45.4 Å². The van der Waals surface area contributed by atoms with Gasteiger partial charge in [0, 0.05) is 17.8 Å². The van der Waals surface area contributed by atoms with Gasteiger partial charge in [0.25, 0.3) is 0 Å². The average Bonchev–Trinajstić information content (AvgIpc) is 2.65. The summed E-state index contributed by atoms with van der Waals surface area (Å²) in [6.07, 6.45) is 7.08. The molecule has 0 aromatic rings. The molecule has 0 radical (unpaired) electrons. The molecule has 1 aliphatic carbocycles. The Balaban J connectivity index is 1.78. The zero-order valence-electron chi connectivity index (χ0n) is 10.7. The van der Waals surface area contributed by atoms with Gasteiger partial charge in [-0.15, -0.1) is 0 Å². The van der Waals surface area contributed by atoms with Crippen LogP contribution in [0.25, 0.3) is 0 Å². The first-order valence-corrected chi connectivity index (χ1v) is 8.00. The largest absolute Gasteiger partial charge is 0.355 e. The third kappa shape index (κ3) is 3.88. The number of amides is 1. The number of rotatable bonds is 4. The van der Waals surface area contributed by atoms with Gasteiger partial charge in [0.2, 0.25) is 5.91 Å². The van der Waals surface area contributed by atoms with E-state index in [-0.39, 0.29) is 11.9 Å². The van der Waals surface area contributed by atoms with Gasteiger partial charge >= 0.3 is 0 Å². The molecule has 3 nitrogen and oxygen atoms in total. The minimum absolute atomic E-state index is 0.0628. The molecule has 3 unspecified atom stereocenters. The van der Waals surface area contributed by atoms with Crippen LogP contribution in [0.5, 0.6) is 0 Å². The Labute approximate surface area is 108 Å². The van der Waals surface area contributed by atoms with Gasteiger partial charge < -0.3 is 10.6 Å². The van der Waals surface area contributed by atoms with Gasteiger partial charge in [-0.05, 0) is 44.3 Å². The molecule has 2 rings (SSSR count). The molecule has 1 amide bonds. The second kappa shape index (κ2) is 6.64. The lowest BCUT2D eigenvalue weighted by molar-refractivity contribution is -0.123. The van der Waals surface area contributed by atoms with Crippen LogP contribution in [0.4, 0.5) is 0 Å². The standard InChI is InChI=1S/C13H24N2OS/c1-2-17-11-7-6-10(9-11)15-12-5-3-4-8-14-13(12)16/h10-12,15H,2-9H2,1H3,(H,14,16). The number of thioether (sulfide) groups is 1. The fourth-order valence-electron chi connectivity index (χ4n) is 2.86. The molecule has 0 bridgehead atoms. The van der Waals surface area contributed by atoms with Crippen LogP contribution in [-0.2, 0) is 4.79 Å². The van der Waals surface area contributed by atoms with Crippen molar-refractivity contribution in [3.8, 4) is 0 Å². The summed E-state index contributed by atoms with van der Waals surface area (Å²) in [6.45, 7) is 3.08. The Kier molecular flexibility index (Phi) is 5.16. The summed E-state index contributed by atoms with van der Waals surface area (Å²) in [5.41, 5.74) is 0. The van der Waals surface area contributed by atoms with E-state index < -0.39 is 0 Å². The van der Waals surface area contributed by atoms with E-state index in [0.29, 0.717) is 6.04 Å². The Bertz CT molecular complexity index is 260. The second-order valence-corrected chi connectivity index (χ2v) is 6.67. The van der Waals surface area contributed by atoms with Crippen molar-refractivity contribution in [2.24, 2.45) is 0 Å². The summed E-state index contributed by atoms with van der Waals surface area (Å²) >= 11 is 2.07. The van der Waals surface area contributed by atoms with Crippen molar-refractivity contribution < 1.29 is 4.79 Å². The fraction of sp³-hybridized carbons (Fsp3) is 0.923. The lowest BCUT2D eigenvalue weighted by atomic mass is 10.1. The van der Waals surface area contributed by atoms with Crippen LogP contribution in [0.2, 0.25) is 0 Å². The van der Waals surface area contributed by atoms with E-state index in [1.54, 1.807) is 0 Å². The Morgan fingerprint density at radius 2 is 2.24 bits per heavy atom. The SMILES string of the molecule is CCSC1CCC(NC2CCCCNC2=O)C1. The van der Waals surface area contributed by atoms with E-state index in [9.17, 15) is 4.79 Å². The molecule has 2 N–H and O–H groups in total. The zero-order chi connectivity index (χ0) is 12.1. The summed E-state index contributed by atoms with van der Waals surface area (Å²) in [5, 5.41) is 7.38. The molecule has 0 spiro atoms. The van der Waals surface area contributed by atoms with Gasteiger partial charge in [-0.2, -0.15) is 11.8 Å². The normalized spacial score (nSPS) is 34.4. The first-order valence-electron chi connectivity index (χ1n) is 6.95. The lowest BCUT2D eigenvalue weighted by Crippen LogP contribution is -2.46. The van der Waals surface area contributed by atoms with Crippen molar-refractivity contribution in [2.75, 3.05) is 12.3 Å². The van der Waals surface area contributed by atoms with Gasteiger partial charge in [-0.25, -0.2) is 0 Å². The maximum atomic E-state index is 11.8. The van der Waals surface area contributed by atoms with Crippen LogP contribution in [0, 0.1) is 0 Å². The van der Waals surface area contributed by atoms with E-state index in [1.165, 1.54) is 25.0 Å². The minimum atomic E-state index is 0.0628. The number of hydrogen-bond acceptors (Lipinski definition) is 3. The van der Waals surface area contributed by atoms with Crippen molar-refractivity contribution in [1.29, 1.82) is 0 Å². The third-order valence-corrected chi connectivity index (χ3v) is 4.99. The first-order chi connectivity index (χ1) is 8.29. The predicted molar refractivity (Wildman–Crippen MR) is 73.3 cm³/mol. The smallest absolute Gasteiger partial charge is 0.237 e. The van der Waals surface area contributed by atoms with Crippen molar-refractivity contribution in [3.05, 3.63) is 0 Å². The summed E-state index contributed by atoms with van der Waals surface area (Å²) < 4.78 is 0. The molecular formula is C13H24N2OS. The van der Waals surface area contributed by atoms with Crippen LogP contribution >= 0.6 is 11.8 Å². The van der Waals surface area contributed by atoms with Crippen LogP contribution in [0.15, 0.2) is 0 Å². The van der Waals surface area contributed by atoms with Crippen molar-refractivity contribution in [2.45, 2.75) is 62.8 Å². The second-order valence-electron chi connectivity index (χ2n) is 5.09. The number of hydrogen-bond donors (Lipinski definition) is 2. The van der Waals surface area contributed by atoms with Crippen LogP contribution < -0.4 is 10.6 Å². The summed E-state index contributed by atoms with van der Waals surface area (Å²) in [7, 11) is 0. The van der Waals surface area contributed by atoms with E-state index >= 15 is 0 Å². The monoisotopic (exact) mass is 256 g/mol. The van der Waals surface area contributed by atoms with E-state index in [4.69, 9.17) is 0 Å². The molecule has 2 aliphatic rings. The highest BCUT2D eigenvalue weighted by Crippen LogP contribution is 2.30. The molecule has 17 heavy (non-hydrogen) atoms. The van der Waals surface area contributed by atoms with E-state index in [1.807, 2.05) is 0 Å². The Morgan fingerprint density at radius 1 is 1.35 bits per heavy atom. The van der Waals surface area contributed by atoms with Crippen molar-refractivity contribution >= 4 is 17.7 Å². The first kappa shape index (κ1) is 13.2. The molecular weight excluding hydrogens is 232 g/mol. The lowest BCUT2D eigenvalue weighted by Gasteiger charge is -2.20. The number of carbonyl (C=O) groups is 1. The van der Waals surface area contributed by atoms with E-state index in [0.717, 1.165) is 31.1 Å². The topological polar surface area (TPSA) is 41.1 Å². The molecule has 0 aromatic heterocycles. The highest BCUT2D eigenvalue weighted by atomic mass is 32.2. The summed E-state index contributed by atoms with van der Waals surface area (Å²) in [4.78, 5) is 11.8. The molecule has 3 atom stereocenters. The average molecular weight is 256 g/mol. The predicted octanol–water partition coefficient (Wildman–Crippen LogP) is 1.92. The number of carbonyl (C=O) groups excluding carboxylic acids is 1. The molecule has 2 fully saturated rings. The molecule has 1 aliphatic heterocycles. The van der Waals surface area contributed by atoms with Crippen molar-refractivity contribution in [1.82, 2.24) is 10.6 Å². The Morgan fingerprint density at radius 3 is 3.06 bits per heavy atom. The van der Waals surface area contributed by atoms with Gasteiger partial charge in [0.15, 0.2) is 0 Å². The fourth-order valence-corrected chi connectivity index (χ4v) is 4.00. The summed E-state index contributed by atoms with van der Waals surface area (Å²) in [5.74, 6) is 1.43. The van der Waals surface area contributed by atoms with Gasteiger partial charge in [0.05, 0.1) is 6.04 Å². The molecule has 4 heteroatoms. The summed E-state index contributed by atoms with van der Waals surface area (Å²) in [6, 6.07) is 0.626. The zero-order valence-corrected chi connectivity index (χ0v) is 11.5. The maximum absolute atomic E-state index is 11.8. The molecule has 1 saturated heterocycles. The highest BCUT2D eigenvalue weighted by Gasteiger charge is 2.29. The molecule has 0 aromatic carbocycles. The van der Waals surface area contributed by atoms with Gasteiger partial charge in [-0.1, -0.05) is 6.92 Å². The molecule has 1 saturated carbocycles. The van der Waals surface area contributed by atoms with E-state index in [2.05, 4.69) is 29.3 Å². The van der Waals surface area contributed by atoms with Crippen LogP contribution in [0.3, 0.4) is 0 Å². The third-order valence-electron chi connectivity index (χ3n) is 3.76. The van der Waals surface area contributed by atoms with Gasteiger partial charge in [0.1, 0.15) is 0 Å². The van der Waals surface area contributed by atoms with Gasteiger partial charge in [-0.3, -0.25) is 4.79 Å².